The Kier molecular flexibility index (Phi) is 3.04. The van der Waals surface area contributed by atoms with Gasteiger partial charge < -0.3 is 10.5 Å². The number of aromatic nitrogens is 3. The van der Waals surface area contributed by atoms with Crippen molar-refractivity contribution in [3.8, 4) is 11.4 Å². The highest BCUT2D eigenvalue weighted by atomic mass is 16.5. The van der Waals surface area contributed by atoms with Gasteiger partial charge in [-0.3, -0.25) is 4.57 Å². The zero-order valence-electron chi connectivity index (χ0n) is 12.1. The lowest BCUT2D eigenvalue weighted by atomic mass is 10.0. The molecule has 1 aliphatic rings. The summed E-state index contributed by atoms with van der Waals surface area (Å²) in [5.41, 5.74) is 9.33. The number of nitrogens with zero attached hydrogens (tertiary/aromatic N) is 3. The standard InChI is InChI=1S/C17H16N4O/c18-17-20-19-16-9-6-13-10-14(7-8-15(13)21(16)17)22-11-12-4-2-1-3-5-12/h1-5,7-8,10H,6,9,11H2,(H2,18,20). The summed E-state index contributed by atoms with van der Waals surface area (Å²) < 4.78 is 7.80. The SMILES string of the molecule is Nc1nnc2n1-c1ccc(OCc3ccccc3)cc1CC2. The summed E-state index contributed by atoms with van der Waals surface area (Å²) in [5, 5.41) is 8.07. The van der Waals surface area contributed by atoms with Crippen LogP contribution in [0.4, 0.5) is 5.95 Å². The van der Waals surface area contributed by atoms with Gasteiger partial charge in [-0.25, -0.2) is 0 Å². The molecular weight excluding hydrogens is 276 g/mol. The molecule has 4 rings (SSSR count). The molecule has 22 heavy (non-hydrogen) atoms. The number of nitrogen functional groups attached to an aromatic ring is 1. The molecular formula is C17H16N4O. The summed E-state index contributed by atoms with van der Waals surface area (Å²) in [5.74, 6) is 2.23. The molecule has 0 aliphatic carbocycles. The van der Waals surface area contributed by atoms with Crippen LogP contribution in [0, 0.1) is 0 Å². The molecule has 0 spiro atoms. The summed E-state index contributed by atoms with van der Waals surface area (Å²) in [6.07, 6.45) is 1.77. The monoisotopic (exact) mass is 292 g/mol. The van der Waals surface area contributed by atoms with E-state index >= 15 is 0 Å². The molecule has 5 nitrogen and oxygen atoms in total. The van der Waals surface area contributed by atoms with Gasteiger partial charge in [0.1, 0.15) is 18.2 Å². The first-order valence-electron chi connectivity index (χ1n) is 7.31. The minimum atomic E-state index is 0.439. The highest BCUT2D eigenvalue weighted by molar-refractivity contribution is 5.52. The van der Waals surface area contributed by atoms with Crippen LogP contribution in [-0.2, 0) is 19.4 Å². The molecule has 3 aromatic rings. The van der Waals surface area contributed by atoms with Gasteiger partial charge in [0.05, 0.1) is 5.69 Å². The van der Waals surface area contributed by atoms with Crippen LogP contribution in [0.3, 0.4) is 0 Å². The van der Waals surface area contributed by atoms with Gasteiger partial charge in [0.15, 0.2) is 0 Å². The Morgan fingerprint density at radius 2 is 1.91 bits per heavy atom. The van der Waals surface area contributed by atoms with Crippen LogP contribution in [0.1, 0.15) is 17.0 Å². The Labute approximate surface area is 128 Å². The van der Waals surface area contributed by atoms with Crippen molar-refractivity contribution < 1.29 is 4.74 Å². The maximum Gasteiger partial charge on any atom is 0.226 e. The smallest absolute Gasteiger partial charge is 0.226 e. The number of fused-ring (bicyclic) bond motifs is 3. The van der Waals surface area contributed by atoms with Crippen LogP contribution in [0.15, 0.2) is 48.5 Å². The molecule has 2 aromatic carbocycles. The summed E-state index contributed by atoms with van der Waals surface area (Å²) in [4.78, 5) is 0. The Morgan fingerprint density at radius 3 is 2.77 bits per heavy atom. The normalized spacial score (nSPS) is 12.5. The number of hydrogen-bond donors (Lipinski definition) is 1. The average molecular weight is 292 g/mol. The second-order valence-corrected chi connectivity index (χ2v) is 5.37. The quantitative estimate of drug-likeness (QED) is 0.805. The van der Waals surface area contributed by atoms with Gasteiger partial charge >= 0.3 is 0 Å². The zero-order chi connectivity index (χ0) is 14.9. The third kappa shape index (κ3) is 2.20. The van der Waals surface area contributed by atoms with E-state index < -0.39 is 0 Å². The zero-order valence-corrected chi connectivity index (χ0v) is 12.1. The summed E-state index contributed by atoms with van der Waals surface area (Å²) >= 11 is 0. The number of aryl methyl sites for hydroxylation is 2. The first-order chi connectivity index (χ1) is 10.8. The maximum atomic E-state index is 5.91. The van der Waals surface area contributed by atoms with Crippen molar-refractivity contribution >= 4 is 5.95 Å². The molecule has 110 valence electrons. The minimum Gasteiger partial charge on any atom is -0.489 e. The fourth-order valence-electron chi connectivity index (χ4n) is 2.81. The van der Waals surface area contributed by atoms with Gasteiger partial charge in [0, 0.05) is 6.42 Å². The van der Waals surface area contributed by atoms with E-state index in [0.717, 1.165) is 35.7 Å². The highest BCUT2D eigenvalue weighted by Gasteiger charge is 2.20. The molecule has 0 radical (unpaired) electrons. The Morgan fingerprint density at radius 1 is 1.05 bits per heavy atom. The molecule has 0 saturated heterocycles. The van der Waals surface area contributed by atoms with E-state index in [1.165, 1.54) is 5.56 Å². The lowest BCUT2D eigenvalue weighted by Gasteiger charge is -2.19. The molecule has 0 amide bonds. The lowest BCUT2D eigenvalue weighted by Crippen LogP contribution is -2.14. The number of anilines is 1. The van der Waals surface area contributed by atoms with E-state index in [4.69, 9.17) is 10.5 Å². The van der Waals surface area contributed by atoms with Crippen molar-refractivity contribution in [1.29, 1.82) is 0 Å². The van der Waals surface area contributed by atoms with Crippen molar-refractivity contribution in [2.45, 2.75) is 19.4 Å². The van der Waals surface area contributed by atoms with E-state index in [0.29, 0.717) is 12.6 Å². The molecule has 0 bridgehead atoms. The number of benzene rings is 2. The molecule has 2 heterocycles. The van der Waals surface area contributed by atoms with Gasteiger partial charge in [-0.2, -0.15) is 0 Å². The van der Waals surface area contributed by atoms with Crippen molar-refractivity contribution in [2.75, 3.05) is 5.73 Å². The van der Waals surface area contributed by atoms with E-state index in [-0.39, 0.29) is 0 Å². The van der Waals surface area contributed by atoms with E-state index in [2.05, 4.69) is 28.4 Å². The van der Waals surface area contributed by atoms with Crippen LogP contribution in [-0.4, -0.2) is 14.8 Å². The van der Waals surface area contributed by atoms with E-state index in [1.54, 1.807) is 0 Å². The largest absolute Gasteiger partial charge is 0.489 e. The molecule has 5 heteroatoms. The number of ether oxygens (including phenoxy) is 1. The number of rotatable bonds is 3. The molecule has 2 N–H and O–H groups in total. The second kappa shape index (κ2) is 5.18. The predicted octanol–water partition coefficient (Wildman–Crippen LogP) is 2.53. The van der Waals surface area contributed by atoms with Gasteiger partial charge in [-0.1, -0.05) is 30.3 Å². The third-order valence-corrected chi connectivity index (χ3v) is 3.91. The molecule has 0 unspecified atom stereocenters. The van der Waals surface area contributed by atoms with Crippen molar-refractivity contribution in [3.63, 3.8) is 0 Å². The van der Waals surface area contributed by atoms with Crippen LogP contribution < -0.4 is 10.5 Å². The highest BCUT2D eigenvalue weighted by Crippen LogP contribution is 2.29. The average Bonchev–Trinajstić information content (AvgIpc) is 2.95. The molecule has 1 aliphatic heterocycles. The van der Waals surface area contributed by atoms with E-state index in [9.17, 15) is 0 Å². The number of hydrogen-bond acceptors (Lipinski definition) is 4. The van der Waals surface area contributed by atoms with E-state index in [1.807, 2.05) is 34.9 Å². The summed E-state index contributed by atoms with van der Waals surface area (Å²) in [7, 11) is 0. The van der Waals surface area contributed by atoms with Crippen LogP contribution in [0.25, 0.3) is 5.69 Å². The van der Waals surface area contributed by atoms with Crippen LogP contribution >= 0.6 is 0 Å². The molecule has 0 fully saturated rings. The second-order valence-electron chi connectivity index (χ2n) is 5.37. The fourth-order valence-corrected chi connectivity index (χ4v) is 2.81. The molecule has 0 atom stereocenters. The van der Waals surface area contributed by atoms with Gasteiger partial charge in [0.25, 0.3) is 0 Å². The van der Waals surface area contributed by atoms with Crippen molar-refractivity contribution in [3.05, 3.63) is 65.5 Å². The minimum absolute atomic E-state index is 0.439. The molecule has 1 aromatic heterocycles. The fraction of sp³-hybridized carbons (Fsp3) is 0.176. The van der Waals surface area contributed by atoms with Gasteiger partial charge in [-0.05, 0) is 35.7 Å². The Balaban J connectivity index is 1.59. The number of nitrogens with two attached hydrogens (primary N) is 1. The van der Waals surface area contributed by atoms with Gasteiger partial charge in [-0.15, -0.1) is 10.2 Å². The third-order valence-electron chi connectivity index (χ3n) is 3.91. The Hall–Kier alpha value is -2.82. The lowest BCUT2D eigenvalue weighted by molar-refractivity contribution is 0.306. The summed E-state index contributed by atoms with van der Waals surface area (Å²) in [6.45, 7) is 0.569. The van der Waals surface area contributed by atoms with Gasteiger partial charge in [0.2, 0.25) is 5.95 Å². The molecule has 0 saturated carbocycles. The van der Waals surface area contributed by atoms with Crippen molar-refractivity contribution in [1.82, 2.24) is 14.8 Å². The van der Waals surface area contributed by atoms with Crippen molar-refractivity contribution in [2.24, 2.45) is 0 Å². The summed E-state index contributed by atoms with van der Waals surface area (Å²) in [6, 6.07) is 16.2. The van der Waals surface area contributed by atoms with Crippen LogP contribution in [0.5, 0.6) is 5.75 Å². The van der Waals surface area contributed by atoms with Crippen LogP contribution in [0.2, 0.25) is 0 Å². The first kappa shape index (κ1) is 12.9. The Bertz CT molecular complexity index is 811. The first-order valence-corrected chi connectivity index (χ1v) is 7.31. The predicted molar refractivity (Wildman–Crippen MR) is 84.0 cm³/mol. The maximum absolute atomic E-state index is 5.91. The topological polar surface area (TPSA) is 66.0 Å².